The van der Waals surface area contributed by atoms with E-state index in [-0.39, 0.29) is 0 Å². The number of rotatable bonds is 9. The summed E-state index contributed by atoms with van der Waals surface area (Å²) in [6.45, 7) is 0.728. The van der Waals surface area contributed by atoms with Gasteiger partial charge in [0.1, 0.15) is 11.4 Å². The van der Waals surface area contributed by atoms with Gasteiger partial charge in [-0.15, -0.1) is 0 Å². The topological polar surface area (TPSA) is 18.5 Å². The second-order valence-corrected chi connectivity index (χ2v) is 7.62. The van der Waals surface area contributed by atoms with Crippen LogP contribution in [0.15, 0.2) is 78.9 Å². The number of methoxy groups -OCH3 is 1. The van der Waals surface area contributed by atoms with Crippen LogP contribution in [0.5, 0.6) is 5.75 Å². The molecule has 2 aromatic rings. The molecule has 0 saturated carbocycles. The monoisotopic (exact) mass is 438 g/mol. The minimum absolute atomic E-state index is 0.467. The lowest BCUT2D eigenvalue weighted by molar-refractivity contribution is 0.0353. The van der Waals surface area contributed by atoms with Crippen LogP contribution in [-0.2, 0) is 4.74 Å². The number of alkyl halides is 1. The quantitative estimate of drug-likeness (QED) is 0.246. The smallest absolute Gasteiger partial charge is 0.119 e. The SMILES string of the molecule is COc1cccc(C=C(c2ccccc2)C2(OCCCCBr)C=CC=CC2)c1. The summed E-state index contributed by atoms with van der Waals surface area (Å²) in [6, 6.07) is 18.7. The molecule has 0 aliphatic heterocycles. The lowest BCUT2D eigenvalue weighted by Crippen LogP contribution is -2.33. The molecule has 1 aliphatic rings. The molecule has 2 aromatic carbocycles. The molecule has 2 nitrogen and oxygen atoms in total. The van der Waals surface area contributed by atoms with Crippen LogP contribution in [0.1, 0.15) is 30.4 Å². The number of hydrogen-bond acceptors (Lipinski definition) is 2. The van der Waals surface area contributed by atoms with Crippen LogP contribution >= 0.6 is 15.9 Å². The number of benzene rings is 2. The van der Waals surface area contributed by atoms with Crippen molar-refractivity contribution >= 4 is 27.6 Å². The van der Waals surface area contributed by atoms with Crippen molar-refractivity contribution in [3.63, 3.8) is 0 Å². The summed E-state index contributed by atoms with van der Waals surface area (Å²) in [7, 11) is 1.70. The van der Waals surface area contributed by atoms with Gasteiger partial charge in [-0.1, -0.05) is 76.6 Å². The minimum atomic E-state index is -0.467. The zero-order chi connectivity index (χ0) is 19.7. The summed E-state index contributed by atoms with van der Waals surface area (Å²) in [5, 5.41) is 1.00. The van der Waals surface area contributed by atoms with Gasteiger partial charge in [-0.05, 0) is 53.8 Å². The summed E-state index contributed by atoms with van der Waals surface area (Å²) >= 11 is 3.51. The molecule has 28 heavy (non-hydrogen) atoms. The molecule has 0 spiro atoms. The van der Waals surface area contributed by atoms with E-state index in [1.165, 1.54) is 11.1 Å². The summed E-state index contributed by atoms with van der Waals surface area (Å²) in [4.78, 5) is 0. The van der Waals surface area contributed by atoms with Gasteiger partial charge in [-0.25, -0.2) is 0 Å². The van der Waals surface area contributed by atoms with Crippen LogP contribution in [0.25, 0.3) is 11.6 Å². The van der Waals surface area contributed by atoms with E-state index in [1.54, 1.807) is 7.11 Å². The number of hydrogen-bond donors (Lipinski definition) is 0. The Labute approximate surface area is 176 Å². The van der Waals surface area contributed by atoms with Gasteiger partial charge in [0.05, 0.1) is 7.11 Å². The summed E-state index contributed by atoms with van der Waals surface area (Å²) in [6.07, 6.45) is 13.8. The van der Waals surface area contributed by atoms with Gasteiger partial charge < -0.3 is 9.47 Å². The Balaban J connectivity index is 2.03. The van der Waals surface area contributed by atoms with Crippen LogP contribution in [0.3, 0.4) is 0 Å². The van der Waals surface area contributed by atoms with E-state index in [4.69, 9.17) is 9.47 Å². The van der Waals surface area contributed by atoms with Crippen molar-refractivity contribution in [1.29, 1.82) is 0 Å². The fourth-order valence-corrected chi connectivity index (χ4v) is 3.80. The highest BCUT2D eigenvalue weighted by atomic mass is 79.9. The summed E-state index contributed by atoms with van der Waals surface area (Å²) < 4.78 is 12.0. The maximum absolute atomic E-state index is 6.56. The Hall–Kier alpha value is -2.10. The lowest BCUT2D eigenvalue weighted by atomic mass is 9.81. The largest absolute Gasteiger partial charge is 0.497 e. The minimum Gasteiger partial charge on any atom is -0.497 e. The third-order valence-corrected chi connectivity index (χ3v) is 5.43. The average Bonchev–Trinajstić information content (AvgIpc) is 2.76. The second kappa shape index (κ2) is 10.4. The Kier molecular flexibility index (Phi) is 7.70. The molecule has 0 radical (unpaired) electrons. The van der Waals surface area contributed by atoms with Crippen LogP contribution in [0.2, 0.25) is 0 Å². The predicted octanol–water partition coefficient (Wildman–Crippen LogP) is 6.68. The van der Waals surface area contributed by atoms with Crippen molar-refractivity contribution in [2.24, 2.45) is 0 Å². The number of unbranched alkanes of at least 4 members (excludes halogenated alkanes) is 1. The van der Waals surface area contributed by atoms with E-state index in [1.807, 2.05) is 18.2 Å². The van der Waals surface area contributed by atoms with Gasteiger partial charge in [-0.2, -0.15) is 0 Å². The molecule has 3 rings (SSSR count). The molecule has 0 bridgehead atoms. The zero-order valence-corrected chi connectivity index (χ0v) is 17.9. The molecular weight excluding hydrogens is 412 g/mol. The molecule has 0 amide bonds. The van der Waals surface area contributed by atoms with Crippen LogP contribution in [0.4, 0.5) is 0 Å². The number of halogens is 1. The molecule has 0 N–H and O–H groups in total. The van der Waals surface area contributed by atoms with Crippen molar-refractivity contribution in [3.8, 4) is 5.75 Å². The number of allylic oxidation sites excluding steroid dienone is 2. The Morgan fingerprint density at radius 1 is 1.07 bits per heavy atom. The van der Waals surface area contributed by atoms with Crippen LogP contribution in [-0.4, -0.2) is 24.6 Å². The van der Waals surface area contributed by atoms with E-state index in [9.17, 15) is 0 Å². The molecule has 146 valence electrons. The van der Waals surface area contributed by atoms with Gasteiger partial charge in [-0.3, -0.25) is 0 Å². The molecule has 0 heterocycles. The Bertz CT molecular complexity index is 839. The van der Waals surface area contributed by atoms with Gasteiger partial charge in [0.25, 0.3) is 0 Å². The van der Waals surface area contributed by atoms with Gasteiger partial charge in [0.2, 0.25) is 0 Å². The first-order valence-electron chi connectivity index (χ1n) is 9.73. The molecule has 1 aliphatic carbocycles. The molecular formula is C25H27BrO2. The third kappa shape index (κ3) is 5.24. The van der Waals surface area contributed by atoms with E-state index in [0.717, 1.165) is 42.5 Å². The van der Waals surface area contributed by atoms with Gasteiger partial charge in [0.15, 0.2) is 0 Å². The maximum atomic E-state index is 6.56. The predicted molar refractivity (Wildman–Crippen MR) is 122 cm³/mol. The summed E-state index contributed by atoms with van der Waals surface area (Å²) in [5.41, 5.74) is 2.97. The highest BCUT2D eigenvalue weighted by molar-refractivity contribution is 9.09. The fourth-order valence-electron chi connectivity index (χ4n) is 3.40. The first-order valence-corrected chi connectivity index (χ1v) is 10.9. The maximum Gasteiger partial charge on any atom is 0.119 e. The van der Waals surface area contributed by atoms with Crippen molar-refractivity contribution in [2.75, 3.05) is 19.0 Å². The molecule has 0 saturated heterocycles. The molecule has 0 fully saturated rings. The van der Waals surface area contributed by atoms with Crippen molar-refractivity contribution in [1.82, 2.24) is 0 Å². The standard InChI is InChI=1S/C25H27BrO2/c1-27-23-14-10-11-21(19-23)20-24(22-12-4-2-5-13-22)25(15-6-3-7-16-25)28-18-9-8-17-26/h2-7,10-15,19-20H,8-9,16-18H2,1H3. The van der Waals surface area contributed by atoms with E-state index in [0.29, 0.717) is 0 Å². The van der Waals surface area contributed by atoms with Gasteiger partial charge >= 0.3 is 0 Å². The van der Waals surface area contributed by atoms with Crippen molar-refractivity contribution in [2.45, 2.75) is 24.9 Å². The normalized spacial score (nSPS) is 19.0. The van der Waals surface area contributed by atoms with E-state index >= 15 is 0 Å². The Morgan fingerprint density at radius 3 is 2.64 bits per heavy atom. The third-order valence-electron chi connectivity index (χ3n) is 4.87. The molecule has 1 atom stereocenters. The van der Waals surface area contributed by atoms with Gasteiger partial charge in [0, 0.05) is 18.4 Å². The van der Waals surface area contributed by atoms with Crippen LogP contribution in [0, 0.1) is 0 Å². The van der Waals surface area contributed by atoms with Crippen LogP contribution < -0.4 is 4.74 Å². The highest BCUT2D eigenvalue weighted by Gasteiger charge is 2.33. The number of ether oxygens (including phenoxy) is 2. The van der Waals surface area contributed by atoms with Crippen molar-refractivity contribution in [3.05, 3.63) is 90.0 Å². The second-order valence-electron chi connectivity index (χ2n) is 6.83. The molecule has 3 heteroatoms. The fraction of sp³-hybridized carbons (Fsp3) is 0.280. The first kappa shape index (κ1) is 20.6. The van der Waals surface area contributed by atoms with Crippen molar-refractivity contribution < 1.29 is 9.47 Å². The lowest BCUT2D eigenvalue weighted by Gasteiger charge is -2.35. The average molecular weight is 439 g/mol. The van der Waals surface area contributed by atoms with E-state index in [2.05, 4.69) is 82.7 Å². The highest BCUT2D eigenvalue weighted by Crippen LogP contribution is 2.39. The zero-order valence-electron chi connectivity index (χ0n) is 16.3. The molecule has 0 aromatic heterocycles. The first-order chi connectivity index (χ1) is 13.8. The summed E-state index contributed by atoms with van der Waals surface area (Å²) in [5.74, 6) is 0.854. The molecule has 1 unspecified atom stereocenters. The Morgan fingerprint density at radius 2 is 1.93 bits per heavy atom. The van der Waals surface area contributed by atoms with E-state index < -0.39 is 5.60 Å².